The van der Waals surface area contributed by atoms with Crippen LogP contribution in [0.25, 0.3) is 0 Å². The van der Waals surface area contributed by atoms with Gasteiger partial charge in [0.1, 0.15) is 0 Å². The highest BCUT2D eigenvalue weighted by molar-refractivity contribution is 5.77. The summed E-state index contributed by atoms with van der Waals surface area (Å²) in [6, 6.07) is 12.1. The van der Waals surface area contributed by atoms with E-state index in [2.05, 4.69) is 49.3 Å². The number of hydrogen-bond acceptors (Lipinski definition) is 4. The quantitative estimate of drug-likeness (QED) is 0.744. The minimum atomic E-state index is -0.241. The van der Waals surface area contributed by atoms with Crippen molar-refractivity contribution in [2.24, 2.45) is 5.41 Å². The van der Waals surface area contributed by atoms with Crippen molar-refractivity contribution in [1.29, 1.82) is 0 Å². The van der Waals surface area contributed by atoms with Gasteiger partial charge in [-0.3, -0.25) is 14.6 Å². The summed E-state index contributed by atoms with van der Waals surface area (Å²) in [5.74, 6) is 0.151. The predicted molar refractivity (Wildman–Crippen MR) is 127 cm³/mol. The number of carbonyl (C=O) groups is 2. The number of amides is 2. The Morgan fingerprint density at radius 2 is 1.79 bits per heavy atom. The molecule has 1 spiro atoms. The van der Waals surface area contributed by atoms with Gasteiger partial charge in [-0.25, -0.2) is 0 Å². The molecule has 2 aliphatic rings. The third-order valence-corrected chi connectivity index (χ3v) is 6.91. The number of likely N-dealkylation sites (tertiary alicyclic amines) is 1. The fraction of sp³-hybridized carbons (Fsp3) is 0.519. The Hall–Kier alpha value is -2.73. The van der Waals surface area contributed by atoms with E-state index >= 15 is 0 Å². The van der Waals surface area contributed by atoms with Crippen LogP contribution in [-0.2, 0) is 26.3 Å². The molecule has 1 saturated heterocycles. The molecule has 1 N–H and O–H groups in total. The average molecular weight is 450 g/mol. The predicted octanol–water partition coefficient (Wildman–Crippen LogP) is 4.15. The van der Waals surface area contributed by atoms with E-state index in [1.807, 2.05) is 23.1 Å². The van der Waals surface area contributed by atoms with Crippen molar-refractivity contribution in [2.45, 2.75) is 71.1 Å². The molecular formula is C27H35N3O3. The summed E-state index contributed by atoms with van der Waals surface area (Å²) in [6.07, 6.45) is 5.51. The summed E-state index contributed by atoms with van der Waals surface area (Å²) < 4.78 is 6.61. The molecule has 0 radical (unpaired) electrons. The lowest BCUT2D eigenvalue weighted by atomic mass is 9.71. The summed E-state index contributed by atoms with van der Waals surface area (Å²) >= 11 is 0. The van der Waals surface area contributed by atoms with E-state index < -0.39 is 0 Å². The Kier molecular flexibility index (Phi) is 6.57. The Bertz CT molecular complexity index is 991. The zero-order valence-corrected chi connectivity index (χ0v) is 20.1. The Labute approximate surface area is 196 Å². The van der Waals surface area contributed by atoms with E-state index in [0.29, 0.717) is 26.1 Å². The summed E-state index contributed by atoms with van der Waals surface area (Å²) in [4.78, 5) is 31.1. The number of benzene rings is 1. The first kappa shape index (κ1) is 23.4. The molecule has 33 heavy (non-hydrogen) atoms. The van der Waals surface area contributed by atoms with Crippen LogP contribution in [0.2, 0.25) is 0 Å². The maximum atomic E-state index is 12.9. The minimum Gasteiger partial charge on any atom is -0.370 e. The molecule has 1 fully saturated rings. The van der Waals surface area contributed by atoms with Crippen molar-refractivity contribution in [1.82, 2.24) is 15.2 Å². The lowest BCUT2D eigenvalue weighted by molar-refractivity contribution is -0.136. The smallest absolute Gasteiger partial charge is 0.223 e. The largest absolute Gasteiger partial charge is 0.370 e. The van der Waals surface area contributed by atoms with Crippen LogP contribution in [0.1, 0.15) is 69.7 Å². The molecule has 2 amide bonds. The highest BCUT2D eigenvalue weighted by Gasteiger charge is 2.54. The van der Waals surface area contributed by atoms with Crippen molar-refractivity contribution in [3.63, 3.8) is 0 Å². The first-order chi connectivity index (χ1) is 15.7. The van der Waals surface area contributed by atoms with Crippen LogP contribution < -0.4 is 5.32 Å². The number of hydrogen-bond donors (Lipinski definition) is 1. The molecule has 1 aromatic heterocycles. The summed E-state index contributed by atoms with van der Waals surface area (Å²) in [5, 5.41) is 3.16. The lowest BCUT2D eigenvalue weighted by Gasteiger charge is -2.45. The number of fused-ring (bicyclic) bond motifs is 2. The van der Waals surface area contributed by atoms with Gasteiger partial charge in [0.05, 0.1) is 18.8 Å². The topological polar surface area (TPSA) is 71.5 Å². The molecule has 6 nitrogen and oxygen atoms in total. The normalized spacial score (nSPS) is 21.6. The van der Waals surface area contributed by atoms with Gasteiger partial charge in [-0.05, 0) is 47.1 Å². The molecule has 4 rings (SSSR count). The third-order valence-electron chi connectivity index (χ3n) is 6.91. The molecular weight excluding hydrogens is 414 g/mol. The molecule has 0 bridgehead atoms. The molecule has 2 atom stereocenters. The second-order valence-corrected chi connectivity index (χ2v) is 10.6. The van der Waals surface area contributed by atoms with Crippen LogP contribution in [0.15, 0.2) is 48.8 Å². The molecule has 6 heteroatoms. The van der Waals surface area contributed by atoms with Crippen molar-refractivity contribution in [2.75, 3.05) is 13.1 Å². The standard InChI is InChI=1S/C27H35N3O3/c1-19(31)29-24-21-7-5-6-8-22(21)27(25(24)33-18-20-9-13-28-14-10-20)11-15-30(16-12-27)23(32)17-26(2,3)4/h5-10,13-14,24-25H,11-12,15-18H2,1-4H3,(H,29,31)/t24-,25+/m1/s1. The lowest BCUT2D eigenvalue weighted by Crippen LogP contribution is -2.52. The molecule has 1 aliphatic carbocycles. The van der Waals surface area contributed by atoms with Crippen molar-refractivity contribution >= 4 is 11.8 Å². The van der Waals surface area contributed by atoms with E-state index in [1.165, 1.54) is 5.56 Å². The highest BCUT2D eigenvalue weighted by Crippen LogP contribution is 2.52. The zero-order valence-electron chi connectivity index (χ0n) is 20.1. The number of piperidine rings is 1. The first-order valence-corrected chi connectivity index (χ1v) is 11.8. The van der Waals surface area contributed by atoms with Gasteiger partial charge in [0, 0.05) is 44.2 Å². The number of carbonyl (C=O) groups excluding carboxylic acids is 2. The molecule has 1 aromatic carbocycles. The van der Waals surface area contributed by atoms with Gasteiger partial charge in [-0.2, -0.15) is 0 Å². The average Bonchev–Trinajstić information content (AvgIpc) is 3.01. The molecule has 0 saturated carbocycles. The van der Waals surface area contributed by atoms with Crippen LogP contribution in [-0.4, -0.2) is 40.9 Å². The number of nitrogens with zero attached hydrogens (tertiary/aromatic N) is 2. The van der Waals surface area contributed by atoms with Crippen LogP contribution in [0, 0.1) is 5.41 Å². The van der Waals surface area contributed by atoms with E-state index in [0.717, 1.165) is 24.0 Å². The highest BCUT2D eigenvalue weighted by atomic mass is 16.5. The maximum Gasteiger partial charge on any atom is 0.223 e. The Balaban J connectivity index is 1.62. The van der Waals surface area contributed by atoms with Crippen LogP contribution in [0.4, 0.5) is 0 Å². The number of pyridine rings is 1. The van der Waals surface area contributed by atoms with Gasteiger partial charge < -0.3 is 15.0 Å². The van der Waals surface area contributed by atoms with E-state index in [-0.39, 0.29) is 34.8 Å². The van der Waals surface area contributed by atoms with E-state index in [9.17, 15) is 9.59 Å². The molecule has 1 aliphatic heterocycles. The number of ether oxygens (including phenoxy) is 1. The van der Waals surface area contributed by atoms with Crippen molar-refractivity contribution in [3.05, 3.63) is 65.5 Å². The number of nitrogens with one attached hydrogen (secondary N) is 1. The van der Waals surface area contributed by atoms with Crippen LogP contribution in [0.3, 0.4) is 0 Å². The fourth-order valence-electron chi connectivity index (χ4n) is 5.42. The zero-order chi connectivity index (χ0) is 23.6. The van der Waals surface area contributed by atoms with Crippen LogP contribution >= 0.6 is 0 Å². The third kappa shape index (κ3) is 4.96. The first-order valence-electron chi connectivity index (χ1n) is 11.8. The van der Waals surface area contributed by atoms with Crippen molar-refractivity contribution in [3.8, 4) is 0 Å². The Morgan fingerprint density at radius 1 is 1.12 bits per heavy atom. The Morgan fingerprint density at radius 3 is 2.42 bits per heavy atom. The van der Waals surface area contributed by atoms with Gasteiger partial charge >= 0.3 is 0 Å². The summed E-state index contributed by atoms with van der Waals surface area (Å²) in [5.41, 5.74) is 3.15. The van der Waals surface area contributed by atoms with Gasteiger partial charge in [-0.15, -0.1) is 0 Å². The van der Waals surface area contributed by atoms with Gasteiger partial charge in [-0.1, -0.05) is 45.0 Å². The minimum absolute atomic E-state index is 0.0289. The number of aromatic nitrogens is 1. The van der Waals surface area contributed by atoms with E-state index in [4.69, 9.17) is 4.74 Å². The number of rotatable bonds is 5. The van der Waals surface area contributed by atoms with Gasteiger partial charge in [0.2, 0.25) is 11.8 Å². The van der Waals surface area contributed by atoms with Crippen molar-refractivity contribution < 1.29 is 14.3 Å². The van der Waals surface area contributed by atoms with E-state index in [1.54, 1.807) is 19.3 Å². The summed E-state index contributed by atoms with van der Waals surface area (Å²) in [7, 11) is 0. The second-order valence-electron chi connectivity index (χ2n) is 10.6. The van der Waals surface area contributed by atoms with Gasteiger partial charge in [0.25, 0.3) is 0 Å². The molecule has 2 heterocycles. The maximum absolute atomic E-state index is 12.9. The molecule has 0 unspecified atom stereocenters. The second kappa shape index (κ2) is 9.26. The van der Waals surface area contributed by atoms with Gasteiger partial charge in [0.15, 0.2) is 0 Å². The summed E-state index contributed by atoms with van der Waals surface area (Å²) in [6.45, 7) is 9.71. The van der Waals surface area contributed by atoms with Crippen LogP contribution in [0.5, 0.6) is 0 Å². The SMILES string of the molecule is CC(=O)N[C@@H]1c2ccccc2C2(CCN(C(=O)CC(C)(C)C)CC2)[C@H]1OCc1ccncc1. The fourth-order valence-corrected chi connectivity index (χ4v) is 5.42. The molecule has 2 aromatic rings. The monoisotopic (exact) mass is 449 g/mol. The molecule has 176 valence electrons.